The van der Waals surface area contributed by atoms with Crippen molar-refractivity contribution in [2.24, 2.45) is 0 Å². The number of aromatic nitrogens is 4. The number of nitrogens with zero attached hydrogens (tertiary/aromatic N) is 5. The van der Waals surface area contributed by atoms with E-state index in [-0.39, 0.29) is 17.0 Å². The predicted molar refractivity (Wildman–Crippen MR) is 110 cm³/mol. The Morgan fingerprint density at radius 2 is 2.14 bits per heavy atom. The van der Waals surface area contributed by atoms with Crippen molar-refractivity contribution >= 4 is 17.7 Å². The van der Waals surface area contributed by atoms with Crippen LogP contribution in [-0.2, 0) is 11.3 Å². The minimum Gasteiger partial charge on any atom is -0.340 e. The van der Waals surface area contributed by atoms with Crippen LogP contribution < -0.4 is 0 Å². The van der Waals surface area contributed by atoms with Crippen molar-refractivity contribution in [3.8, 4) is 11.4 Å². The Morgan fingerprint density at radius 3 is 2.83 bits per heavy atom. The Balaban J connectivity index is 1.48. The van der Waals surface area contributed by atoms with Crippen LogP contribution in [0.2, 0.25) is 0 Å². The Kier molecular flexibility index (Phi) is 5.62. The maximum absolute atomic E-state index is 13.4. The number of hydrogen-bond acceptors (Lipinski definition) is 5. The average Bonchev–Trinajstić information content (AvgIpc) is 3.48. The number of pyridine rings is 1. The highest BCUT2D eigenvalue weighted by atomic mass is 32.2. The van der Waals surface area contributed by atoms with Crippen molar-refractivity contribution in [2.75, 3.05) is 7.05 Å². The standard InChI is InChI=1S/C21H22FN5OS/c1-14(20(28)26(2)13-15-5-3-7-17(22)11-15)29-21-25-24-19(27(21)18-8-9-18)16-6-4-10-23-12-16/h3-7,10-12,14,18H,8-9,13H2,1-2H3/t14-/m0/s1. The number of hydrogen-bond donors (Lipinski definition) is 0. The molecular weight excluding hydrogens is 389 g/mol. The van der Waals surface area contributed by atoms with Crippen LogP contribution in [0, 0.1) is 5.82 Å². The molecule has 1 amide bonds. The molecule has 0 N–H and O–H groups in total. The summed E-state index contributed by atoms with van der Waals surface area (Å²) in [6.45, 7) is 2.22. The summed E-state index contributed by atoms with van der Waals surface area (Å²) in [6, 6.07) is 10.5. The van der Waals surface area contributed by atoms with E-state index in [0.717, 1.165) is 34.9 Å². The lowest BCUT2D eigenvalue weighted by Gasteiger charge is -2.21. The van der Waals surface area contributed by atoms with Crippen LogP contribution in [0.4, 0.5) is 4.39 Å². The summed E-state index contributed by atoms with van der Waals surface area (Å²) in [7, 11) is 1.73. The van der Waals surface area contributed by atoms with Crippen LogP contribution in [0.5, 0.6) is 0 Å². The van der Waals surface area contributed by atoms with Gasteiger partial charge in [0.1, 0.15) is 5.82 Å². The minimum atomic E-state index is -0.336. The fraction of sp³-hybridized carbons (Fsp3) is 0.333. The highest BCUT2D eigenvalue weighted by Gasteiger charge is 2.32. The molecule has 0 saturated heterocycles. The summed E-state index contributed by atoms with van der Waals surface area (Å²) in [5.74, 6) is 0.453. The molecule has 0 aliphatic heterocycles. The highest BCUT2D eigenvalue weighted by Crippen LogP contribution is 2.41. The third-order valence-corrected chi connectivity index (χ3v) is 5.86. The fourth-order valence-corrected chi connectivity index (χ4v) is 4.25. The van der Waals surface area contributed by atoms with Crippen molar-refractivity contribution in [3.63, 3.8) is 0 Å². The van der Waals surface area contributed by atoms with Gasteiger partial charge in [-0.1, -0.05) is 23.9 Å². The molecular formula is C21H22FN5OS. The van der Waals surface area contributed by atoms with Crippen molar-refractivity contribution in [3.05, 3.63) is 60.2 Å². The third kappa shape index (κ3) is 4.48. The van der Waals surface area contributed by atoms with Gasteiger partial charge < -0.3 is 4.90 Å². The zero-order chi connectivity index (χ0) is 20.4. The van der Waals surface area contributed by atoms with Crippen molar-refractivity contribution in [2.45, 2.75) is 42.8 Å². The molecule has 0 unspecified atom stereocenters. The summed E-state index contributed by atoms with van der Waals surface area (Å²) in [6.07, 6.45) is 5.67. The summed E-state index contributed by atoms with van der Waals surface area (Å²) < 4.78 is 15.5. The molecule has 29 heavy (non-hydrogen) atoms. The first-order valence-corrected chi connectivity index (χ1v) is 10.4. The molecule has 1 aliphatic carbocycles. The van der Waals surface area contributed by atoms with E-state index in [4.69, 9.17) is 0 Å². The normalized spacial score (nSPS) is 14.6. The Hall–Kier alpha value is -2.74. The fourth-order valence-electron chi connectivity index (χ4n) is 3.22. The first-order valence-electron chi connectivity index (χ1n) is 9.54. The van der Waals surface area contributed by atoms with Crippen LogP contribution in [0.15, 0.2) is 53.9 Å². The molecule has 150 valence electrons. The lowest BCUT2D eigenvalue weighted by atomic mass is 10.2. The number of halogens is 1. The van der Waals surface area contributed by atoms with Crippen LogP contribution in [0.1, 0.15) is 31.4 Å². The summed E-state index contributed by atoms with van der Waals surface area (Å²) in [5, 5.41) is 9.13. The molecule has 1 aliphatic rings. The number of rotatable bonds is 7. The van der Waals surface area contributed by atoms with Crippen LogP contribution in [0.25, 0.3) is 11.4 Å². The molecule has 1 aromatic carbocycles. The Morgan fingerprint density at radius 1 is 1.31 bits per heavy atom. The summed E-state index contributed by atoms with van der Waals surface area (Å²) in [5.41, 5.74) is 1.68. The van der Waals surface area contributed by atoms with E-state index in [1.807, 2.05) is 25.1 Å². The monoisotopic (exact) mass is 411 g/mol. The van der Waals surface area contributed by atoms with Crippen LogP contribution in [0.3, 0.4) is 0 Å². The van der Waals surface area contributed by atoms with Crippen LogP contribution >= 0.6 is 11.8 Å². The van der Waals surface area contributed by atoms with E-state index in [1.165, 1.54) is 23.9 Å². The van der Waals surface area contributed by atoms with Crippen molar-refractivity contribution in [1.29, 1.82) is 0 Å². The molecule has 0 radical (unpaired) electrons. The molecule has 8 heteroatoms. The van der Waals surface area contributed by atoms with Gasteiger partial charge in [0.05, 0.1) is 5.25 Å². The molecule has 1 fully saturated rings. The molecule has 0 bridgehead atoms. The lowest BCUT2D eigenvalue weighted by molar-refractivity contribution is -0.129. The Labute approximate surface area is 173 Å². The van der Waals surface area contributed by atoms with Crippen molar-refractivity contribution < 1.29 is 9.18 Å². The number of carbonyl (C=O) groups excluding carboxylic acids is 1. The maximum atomic E-state index is 13.4. The van der Waals surface area contributed by atoms with Crippen molar-refractivity contribution in [1.82, 2.24) is 24.6 Å². The maximum Gasteiger partial charge on any atom is 0.235 e. The van der Waals surface area contributed by atoms with E-state index in [0.29, 0.717) is 12.6 Å². The predicted octanol–water partition coefficient (Wildman–Crippen LogP) is 3.95. The largest absolute Gasteiger partial charge is 0.340 e. The molecule has 0 spiro atoms. The zero-order valence-electron chi connectivity index (χ0n) is 16.3. The van der Waals surface area contributed by atoms with Gasteiger partial charge in [0.2, 0.25) is 5.91 Å². The molecule has 6 nitrogen and oxygen atoms in total. The number of carbonyl (C=O) groups is 1. The second-order valence-electron chi connectivity index (χ2n) is 7.23. The van der Waals surface area contributed by atoms with Gasteiger partial charge in [-0.25, -0.2) is 4.39 Å². The quantitative estimate of drug-likeness (QED) is 0.551. The van der Waals surface area contributed by atoms with Gasteiger partial charge >= 0.3 is 0 Å². The number of amides is 1. The SMILES string of the molecule is C[C@H](Sc1nnc(-c2cccnc2)n1C1CC1)C(=O)N(C)Cc1cccc(F)c1. The molecule has 1 saturated carbocycles. The summed E-state index contributed by atoms with van der Waals surface area (Å²) >= 11 is 1.41. The number of thioether (sulfide) groups is 1. The lowest BCUT2D eigenvalue weighted by Crippen LogP contribution is -2.33. The second-order valence-corrected chi connectivity index (χ2v) is 8.54. The van der Waals surface area contributed by atoms with E-state index in [9.17, 15) is 9.18 Å². The van der Waals surface area contributed by atoms with Gasteiger partial charge in [0.15, 0.2) is 11.0 Å². The molecule has 3 aromatic rings. The third-order valence-electron chi connectivity index (χ3n) is 4.81. The highest BCUT2D eigenvalue weighted by molar-refractivity contribution is 8.00. The van der Waals surface area contributed by atoms with Crippen LogP contribution in [-0.4, -0.2) is 42.9 Å². The Bertz CT molecular complexity index is 1010. The minimum absolute atomic E-state index is 0.0347. The first kappa shape index (κ1) is 19.6. The van der Waals surface area contributed by atoms with E-state index in [1.54, 1.807) is 30.4 Å². The molecule has 1 atom stereocenters. The van der Waals surface area contributed by atoms with Gasteiger partial charge in [-0.2, -0.15) is 0 Å². The van der Waals surface area contributed by atoms with Gasteiger partial charge in [-0.05, 0) is 49.6 Å². The topological polar surface area (TPSA) is 63.9 Å². The molecule has 2 heterocycles. The smallest absolute Gasteiger partial charge is 0.235 e. The van der Waals surface area contributed by atoms with E-state index in [2.05, 4.69) is 19.7 Å². The van der Waals surface area contributed by atoms with Gasteiger partial charge in [-0.3, -0.25) is 14.3 Å². The molecule has 4 rings (SSSR count). The van der Waals surface area contributed by atoms with E-state index < -0.39 is 0 Å². The first-order chi connectivity index (χ1) is 14.0. The molecule has 2 aromatic heterocycles. The zero-order valence-corrected chi connectivity index (χ0v) is 17.1. The number of benzene rings is 1. The van der Waals surface area contributed by atoms with E-state index >= 15 is 0 Å². The summed E-state index contributed by atoms with van der Waals surface area (Å²) in [4.78, 5) is 18.6. The average molecular weight is 412 g/mol. The van der Waals surface area contributed by atoms with Gasteiger partial charge in [-0.15, -0.1) is 10.2 Å². The second kappa shape index (κ2) is 8.32. The van der Waals surface area contributed by atoms with Gasteiger partial charge in [0, 0.05) is 37.6 Å². The van der Waals surface area contributed by atoms with Gasteiger partial charge in [0.25, 0.3) is 0 Å².